The fraction of sp³-hybridized carbons (Fsp3) is 0.758. The number of aliphatic hydroxyl groups is 1. The smallest absolute Gasteiger partial charge is 0.343 e. The maximum atomic E-state index is 12.9. The van der Waals surface area contributed by atoms with Crippen molar-refractivity contribution in [1.82, 2.24) is 0 Å². The molecule has 0 radical (unpaired) electrons. The zero-order chi connectivity index (χ0) is 28.6. The molecule has 1 saturated carbocycles. The molecule has 1 saturated heterocycles. The van der Waals surface area contributed by atoms with Crippen molar-refractivity contribution in [1.29, 1.82) is 0 Å². The van der Waals surface area contributed by atoms with E-state index in [2.05, 4.69) is 21.0 Å². The number of ether oxygens (including phenoxy) is 1. The van der Waals surface area contributed by atoms with Crippen molar-refractivity contribution in [2.24, 2.45) is 5.92 Å². The average molecular weight is 546 g/mol. The Kier molecular flexibility index (Phi) is 15.1. The normalized spacial score (nSPS) is 20.2. The van der Waals surface area contributed by atoms with Crippen LogP contribution in [0.1, 0.15) is 122 Å². The quantitative estimate of drug-likeness (QED) is 0.159. The van der Waals surface area contributed by atoms with E-state index in [9.17, 15) is 19.8 Å². The summed E-state index contributed by atoms with van der Waals surface area (Å²) < 4.78 is 6.64. The summed E-state index contributed by atoms with van der Waals surface area (Å²) in [6.07, 6.45) is 18.7. The Morgan fingerprint density at radius 1 is 0.897 bits per heavy atom. The zero-order valence-corrected chi connectivity index (χ0v) is 25.0. The molecule has 0 amide bonds. The molecule has 2 atom stereocenters. The van der Waals surface area contributed by atoms with Gasteiger partial charge in [0.1, 0.15) is 6.54 Å². The van der Waals surface area contributed by atoms with Gasteiger partial charge in [0.05, 0.1) is 20.6 Å². The first-order valence-corrected chi connectivity index (χ1v) is 15.7. The summed E-state index contributed by atoms with van der Waals surface area (Å²) in [5, 5.41) is 21.5. The van der Waals surface area contributed by atoms with Crippen molar-refractivity contribution in [2.75, 3.05) is 27.2 Å². The molecule has 1 aromatic carbocycles. The van der Waals surface area contributed by atoms with Crippen LogP contribution in [0.2, 0.25) is 0 Å². The molecule has 6 nitrogen and oxygen atoms in total. The Morgan fingerprint density at radius 2 is 1.44 bits per heavy atom. The van der Waals surface area contributed by atoms with Crippen LogP contribution < -0.4 is 5.11 Å². The van der Waals surface area contributed by atoms with Gasteiger partial charge in [0, 0.05) is 18.3 Å². The number of aliphatic carboxylic acids is 1. The van der Waals surface area contributed by atoms with Crippen molar-refractivity contribution in [3.63, 3.8) is 0 Å². The van der Waals surface area contributed by atoms with E-state index in [1.54, 1.807) is 0 Å². The Bertz CT molecular complexity index is 821. The second-order valence-corrected chi connectivity index (χ2v) is 12.4. The number of rotatable bonds is 16. The number of quaternary nitrogens is 1. The van der Waals surface area contributed by atoms with Gasteiger partial charge in [-0.2, -0.15) is 0 Å². The lowest BCUT2D eigenvalue weighted by Gasteiger charge is -2.33. The van der Waals surface area contributed by atoms with Gasteiger partial charge in [0.25, 0.3) is 0 Å². The van der Waals surface area contributed by atoms with E-state index in [1.165, 1.54) is 57.8 Å². The summed E-state index contributed by atoms with van der Waals surface area (Å²) in [5.74, 6) is -1.40. The molecule has 0 aromatic heterocycles. The van der Waals surface area contributed by atoms with E-state index in [0.717, 1.165) is 62.5 Å². The van der Waals surface area contributed by atoms with E-state index in [4.69, 9.17) is 4.74 Å². The Morgan fingerprint density at radius 3 is 1.92 bits per heavy atom. The molecule has 0 bridgehead atoms. The lowest BCUT2D eigenvalue weighted by molar-refractivity contribution is -0.879. The maximum absolute atomic E-state index is 12.9. The van der Waals surface area contributed by atoms with Gasteiger partial charge in [0.2, 0.25) is 0 Å². The average Bonchev–Trinajstić information content (AvgIpc) is 3.57. The van der Waals surface area contributed by atoms with Crippen LogP contribution in [0.4, 0.5) is 0 Å². The highest BCUT2D eigenvalue weighted by Gasteiger charge is 2.49. The fourth-order valence-corrected chi connectivity index (χ4v) is 6.05. The zero-order valence-electron chi connectivity index (χ0n) is 25.0. The number of unbranched alkanes of at least 4 members (excludes halogenated alkanes) is 10. The topological polar surface area (TPSA) is 86.7 Å². The van der Waals surface area contributed by atoms with Crippen LogP contribution in [0.25, 0.3) is 0 Å². The van der Waals surface area contributed by atoms with Crippen LogP contribution in [0.5, 0.6) is 0 Å². The largest absolute Gasteiger partial charge is 0.550 e. The van der Waals surface area contributed by atoms with Crippen LogP contribution >= 0.6 is 0 Å². The molecule has 3 rings (SSSR count). The van der Waals surface area contributed by atoms with E-state index in [-0.39, 0.29) is 18.4 Å². The molecule has 1 heterocycles. The monoisotopic (exact) mass is 545 g/mol. The van der Waals surface area contributed by atoms with Gasteiger partial charge in [0.15, 0.2) is 11.7 Å². The van der Waals surface area contributed by atoms with Crippen LogP contribution in [-0.2, 0) is 19.9 Å². The number of hydrogen-bond donors (Lipinski definition) is 1. The number of nitrogens with zero attached hydrogens (tertiary/aromatic N) is 1. The number of benzene rings is 1. The summed E-state index contributed by atoms with van der Waals surface area (Å²) in [6.45, 7) is 4.07. The van der Waals surface area contributed by atoms with Crippen molar-refractivity contribution < 1.29 is 29.0 Å². The molecular formula is C33H55NO5. The first-order chi connectivity index (χ1) is 18.7. The van der Waals surface area contributed by atoms with Gasteiger partial charge < -0.3 is 24.2 Å². The van der Waals surface area contributed by atoms with Gasteiger partial charge in [-0.15, -0.1) is 0 Å². The minimum atomic E-state index is -1.50. The third kappa shape index (κ3) is 12.0. The molecule has 2 fully saturated rings. The van der Waals surface area contributed by atoms with Crippen LogP contribution in [0.3, 0.4) is 0 Å². The van der Waals surface area contributed by atoms with Crippen LogP contribution in [0.15, 0.2) is 30.3 Å². The van der Waals surface area contributed by atoms with Crippen LogP contribution in [0, 0.1) is 5.92 Å². The number of carbonyl (C=O) groups is 2. The third-order valence-corrected chi connectivity index (χ3v) is 8.48. The van der Waals surface area contributed by atoms with Gasteiger partial charge in [-0.1, -0.05) is 114 Å². The van der Waals surface area contributed by atoms with Gasteiger partial charge in [-0.25, -0.2) is 4.79 Å². The number of hydrogen-bond acceptors (Lipinski definition) is 5. The van der Waals surface area contributed by atoms with E-state index in [1.807, 2.05) is 30.3 Å². The van der Waals surface area contributed by atoms with E-state index in [0.29, 0.717) is 5.56 Å². The van der Waals surface area contributed by atoms with Crippen molar-refractivity contribution in [2.45, 2.75) is 128 Å². The summed E-state index contributed by atoms with van der Waals surface area (Å²) >= 11 is 0. The fourth-order valence-electron chi connectivity index (χ4n) is 6.05. The number of carboxylic acid groups (broad SMARTS) is 1. The highest BCUT2D eigenvalue weighted by atomic mass is 16.6. The van der Waals surface area contributed by atoms with Gasteiger partial charge in [-0.3, -0.25) is 0 Å². The van der Waals surface area contributed by atoms with E-state index < -0.39 is 17.5 Å². The SMILES string of the molecule is CCCCCCCCCCCCCC(=O)[O-].C[N+]1(C)CCC(OC(=O)C(O)(c2ccccc2)C2CCCC2)C1. The lowest BCUT2D eigenvalue weighted by atomic mass is 9.80. The first-order valence-electron chi connectivity index (χ1n) is 15.7. The number of likely N-dealkylation sites (tertiary alicyclic amines) is 1. The Labute approximate surface area is 237 Å². The predicted octanol–water partition coefficient (Wildman–Crippen LogP) is 5.89. The number of carboxylic acids is 1. The molecule has 0 spiro atoms. The molecule has 1 aliphatic heterocycles. The summed E-state index contributed by atoms with van der Waals surface area (Å²) in [4.78, 5) is 23.1. The van der Waals surface area contributed by atoms with Crippen molar-refractivity contribution >= 4 is 11.9 Å². The predicted molar refractivity (Wildman–Crippen MR) is 155 cm³/mol. The minimum Gasteiger partial charge on any atom is -0.550 e. The van der Waals surface area contributed by atoms with Gasteiger partial charge >= 0.3 is 5.97 Å². The highest BCUT2D eigenvalue weighted by Crippen LogP contribution is 2.42. The lowest BCUT2D eigenvalue weighted by Crippen LogP contribution is -2.46. The van der Waals surface area contributed by atoms with Crippen LogP contribution in [-0.4, -0.2) is 54.8 Å². The number of likely N-dealkylation sites (N-methyl/N-ethyl adjacent to an activating group) is 1. The third-order valence-electron chi connectivity index (χ3n) is 8.48. The molecule has 2 unspecified atom stereocenters. The molecule has 1 aliphatic carbocycles. The Balaban J connectivity index is 0.000000295. The summed E-state index contributed by atoms with van der Waals surface area (Å²) in [6, 6.07) is 9.33. The second kappa shape index (κ2) is 17.7. The first kappa shape index (κ1) is 33.3. The molecule has 6 heteroatoms. The minimum absolute atomic E-state index is 0.0405. The maximum Gasteiger partial charge on any atom is 0.343 e. The van der Waals surface area contributed by atoms with Gasteiger partial charge in [-0.05, 0) is 31.2 Å². The van der Waals surface area contributed by atoms with E-state index >= 15 is 0 Å². The Hall–Kier alpha value is -1.92. The van der Waals surface area contributed by atoms with Crippen molar-refractivity contribution in [3.8, 4) is 0 Å². The molecule has 1 N–H and O–H groups in total. The molecule has 39 heavy (non-hydrogen) atoms. The highest BCUT2D eigenvalue weighted by molar-refractivity contribution is 5.81. The second-order valence-electron chi connectivity index (χ2n) is 12.4. The van der Waals surface area contributed by atoms with Crippen molar-refractivity contribution in [3.05, 3.63) is 35.9 Å². The standard InChI is InChI=1S/C19H28NO3.C14H28O2/c1-20(2)13-12-17(14-20)23-18(21)19(22,16-10-6-7-11-16)15-8-4-3-5-9-15;1-2-3-4-5-6-7-8-9-10-11-12-13-14(15)16/h3-5,8-9,16-17,22H,6-7,10-14H2,1-2H3;2-13H2,1H3,(H,15,16)/q+1;/p-1. The summed E-state index contributed by atoms with van der Waals surface area (Å²) in [7, 11) is 4.29. The number of carbonyl (C=O) groups excluding carboxylic acids is 2. The summed E-state index contributed by atoms with van der Waals surface area (Å²) in [5.41, 5.74) is -0.832. The molecular weight excluding hydrogens is 490 g/mol. The molecule has 2 aliphatic rings. The molecule has 222 valence electrons. The number of esters is 1. The molecule has 1 aromatic rings.